The Bertz CT molecular complexity index is 1160. The van der Waals surface area contributed by atoms with Crippen LogP contribution in [-0.4, -0.2) is 43.0 Å². The summed E-state index contributed by atoms with van der Waals surface area (Å²) in [5.41, 5.74) is 1.33. The van der Waals surface area contributed by atoms with Crippen LogP contribution in [0.3, 0.4) is 0 Å². The van der Waals surface area contributed by atoms with Gasteiger partial charge in [0, 0.05) is 6.07 Å². The molecule has 1 fully saturated rings. The molecule has 0 aromatic heterocycles. The van der Waals surface area contributed by atoms with Gasteiger partial charge in [-0.3, -0.25) is 0 Å². The molecule has 8 heteroatoms. The Morgan fingerprint density at radius 3 is 2.03 bits per heavy atom. The first-order valence-electron chi connectivity index (χ1n) is 11.3. The van der Waals surface area contributed by atoms with Crippen LogP contribution in [-0.2, 0) is 4.74 Å². The molecule has 0 amide bonds. The predicted molar refractivity (Wildman–Crippen MR) is 126 cm³/mol. The third-order valence-corrected chi connectivity index (χ3v) is 5.18. The second-order valence-electron chi connectivity index (χ2n) is 7.91. The van der Waals surface area contributed by atoms with E-state index in [1.807, 2.05) is 6.92 Å². The number of carbonyl (C=O) groups is 2. The van der Waals surface area contributed by atoms with Crippen LogP contribution < -0.4 is 18.9 Å². The van der Waals surface area contributed by atoms with Crippen LogP contribution in [0.15, 0.2) is 66.7 Å². The minimum Gasteiger partial charge on any atom is -0.490 e. The van der Waals surface area contributed by atoms with Gasteiger partial charge in [-0.1, -0.05) is 12.1 Å². The van der Waals surface area contributed by atoms with Crippen molar-refractivity contribution in [2.45, 2.75) is 26.1 Å². The number of aliphatic hydroxyl groups is 1. The Morgan fingerprint density at radius 1 is 0.886 bits per heavy atom. The van der Waals surface area contributed by atoms with Gasteiger partial charge in [0.2, 0.25) is 0 Å². The molecule has 0 radical (unpaired) electrons. The fourth-order valence-corrected chi connectivity index (χ4v) is 3.18. The molecule has 8 nitrogen and oxygen atoms in total. The van der Waals surface area contributed by atoms with E-state index in [0.717, 1.165) is 0 Å². The number of aliphatic hydroxyl groups excluding tert-OH is 1. The van der Waals surface area contributed by atoms with Gasteiger partial charge in [0.05, 0.1) is 30.4 Å². The molecule has 2 unspecified atom stereocenters. The maximum atomic E-state index is 12.6. The Kier molecular flexibility index (Phi) is 7.64. The average molecular weight is 478 g/mol. The molecule has 3 aromatic carbocycles. The van der Waals surface area contributed by atoms with E-state index < -0.39 is 18.0 Å². The van der Waals surface area contributed by atoms with E-state index in [1.54, 1.807) is 49.4 Å². The summed E-state index contributed by atoms with van der Waals surface area (Å²) in [5.74, 6) is 0.496. The highest BCUT2D eigenvalue weighted by atomic mass is 16.6. The molecular formula is C27H26O8. The van der Waals surface area contributed by atoms with Crippen molar-refractivity contribution in [3.63, 3.8) is 0 Å². The van der Waals surface area contributed by atoms with Crippen molar-refractivity contribution in [3.8, 4) is 23.0 Å². The van der Waals surface area contributed by atoms with E-state index >= 15 is 0 Å². The van der Waals surface area contributed by atoms with Gasteiger partial charge in [0.1, 0.15) is 24.2 Å². The number of carbonyl (C=O) groups excluding carboxylic acids is 2. The first-order valence-corrected chi connectivity index (χ1v) is 11.3. The molecule has 1 N–H and O–H groups in total. The van der Waals surface area contributed by atoms with Gasteiger partial charge in [-0.15, -0.1) is 0 Å². The van der Waals surface area contributed by atoms with E-state index in [1.165, 1.54) is 24.3 Å². The van der Waals surface area contributed by atoms with Crippen LogP contribution in [0, 0.1) is 0 Å². The Hall–Kier alpha value is -3.88. The number of benzene rings is 3. The van der Waals surface area contributed by atoms with Crippen LogP contribution in [0.2, 0.25) is 0 Å². The van der Waals surface area contributed by atoms with Gasteiger partial charge in [0.25, 0.3) is 0 Å². The largest absolute Gasteiger partial charge is 0.490 e. The third kappa shape index (κ3) is 6.59. The molecule has 35 heavy (non-hydrogen) atoms. The number of esters is 2. The predicted octanol–water partition coefficient (Wildman–Crippen LogP) is 4.35. The molecule has 0 saturated carbocycles. The van der Waals surface area contributed by atoms with E-state index in [0.29, 0.717) is 48.2 Å². The van der Waals surface area contributed by atoms with Crippen molar-refractivity contribution in [1.29, 1.82) is 0 Å². The quantitative estimate of drug-likeness (QED) is 0.261. The molecule has 1 saturated heterocycles. The number of hydrogen-bond donors (Lipinski definition) is 1. The zero-order valence-electron chi connectivity index (χ0n) is 19.4. The zero-order chi connectivity index (χ0) is 24.8. The van der Waals surface area contributed by atoms with E-state index in [4.69, 9.17) is 23.7 Å². The number of hydrogen-bond acceptors (Lipinski definition) is 8. The summed E-state index contributed by atoms with van der Waals surface area (Å²) in [7, 11) is 0. The van der Waals surface area contributed by atoms with Gasteiger partial charge in [-0.25, -0.2) is 9.59 Å². The van der Waals surface area contributed by atoms with Crippen LogP contribution >= 0.6 is 0 Å². The lowest BCUT2D eigenvalue weighted by Crippen LogP contribution is -2.11. The number of rotatable bonds is 10. The molecule has 2 atom stereocenters. The number of epoxide rings is 1. The molecule has 0 bridgehead atoms. The fourth-order valence-electron chi connectivity index (χ4n) is 3.18. The Labute approximate surface area is 203 Å². The normalized spacial score (nSPS) is 15.1. The lowest BCUT2D eigenvalue weighted by molar-refractivity contribution is 0.0730. The molecule has 4 rings (SSSR count). The molecule has 1 aliphatic rings. The van der Waals surface area contributed by atoms with Crippen LogP contribution in [0.4, 0.5) is 0 Å². The Balaban J connectivity index is 1.37. The highest BCUT2D eigenvalue weighted by molar-refractivity contribution is 5.92. The van der Waals surface area contributed by atoms with Crippen molar-refractivity contribution in [1.82, 2.24) is 0 Å². The molecule has 3 aromatic rings. The highest BCUT2D eigenvalue weighted by Crippen LogP contribution is 2.33. The van der Waals surface area contributed by atoms with Crippen molar-refractivity contribution in [3.05, 3.63) is 83.4 Å². The average Bonchev–Trinajstić information content (AvgIpc) is 3.69. The van der Waals surface area contributed by atoms with Crippen molar-refractivity contribution in [2.24, 2.45) is 0 Å². The zero-order valence-corrected chi connectivity index (χ0v) is 19.4. The van der Waals surface area contributed by atoms with Crippen LogP contribution in [0.5, 0.6) is 23.0 Å². The summed E-state index contributed by atoms with van der Waals surface area (Å²) in [5, 5.41) is 9.58. The van der Waals surface area contributed by atoms with Crippen molar-refractivity contribution >= 4 is 11.9 Å². The van der Waals surface area contributed by atoms with E-state index in [9.17, 15) is 14.7 Å². The van der Waals surface area contributed by atoms with Gasteiger partial charge in [-0.05, 0) is 67.9 Å². The lowest BCUT2D eigenvalue weighted by atomic mass is 10.1. The SMILES string of the molecule is CCOc1ccc(OC(=O)c2ccc(OC(=O)c3ccc(C(C)O)cc3)cc2)cc1OCC1CO1. The highest BCUT2D eigenvalue weighted by Gasteiger charge is 2.24. The molecule has 1 heterocycles. The first kappa shape index (κ1) is 24.3. The Morgan fingerprint density at radius 2 is 1.46 bits per heavy atom. The van der Waals surface area contributed by atoms with Gasteiger partial charge >= 0.3 is 11.9 Å². The lowest BCUT2D eigenvalue weighted by Gasteiger charge is -2.13. The second-order valence-corrected chi connectivity index (χ2v) is 7.91. The minimum absolute atomic E-state index is 0.0758. The third-order valence-electron chi connectivity index (χ3n) is 5.18. The number of ether oxygens (including phenoxy) is 5. The van der Waals surface area contributed by atoms with Gasteiger partial charge < -0.3 is 28.8 Å². The maximum Gasteiger partial charge on any atom is 0.343 e. The van der Waals surface area contributed by atoms with Gasteiger partial charge in [-0.2, -0.15) is 0 Å². The summed E-state index contributed by atoms with van der Waals surface area (Å²) in [6.45, 7) is 5.05. The van der Waals surface area contributed by atoms with Crippen molar-refractivity contribution < 1.29 is 38.4 Å². The van der Waals surface area contributed by atoms with Crippen molar-refractivity contribution in [2.75, 3.05) is 19.8 Å². The standard InChI is InChI=1S/C27H26O8/c1-3-31-24-13-12-22(14-25(24)33-16-23-15-32-23)35-27(30)20-8-10-21(11-9-20)34-26(29)19-6-4-18(5-7-19)17(2)28/h4-14,17,23,28H,3,15-16H2,1-2H3. The second kappa shape index (κ2) is 11.0. The van der Waals surface area contributed by atoms with E-state index in [2.05, 4.69) is 0 Å². The van der Waals surface area contributed by atoms with E-state index in [-0.39, 0.29) is 17.4 Å². The van der Waals surface area contributed by atoms with Crippen LogP contribution in [0.25, 0.3) is 0 Å². The minimum atomic E-state index is -0.619. The summed E-state index contributed by atoms with van der Waals surface area (Å²) in [6, 6.07) is 17.5. The smallest absolute Gasteiger partial charge is 0.343 e. The molecule has 1 aliphatic heterocycles. The maximum absolute atomic E-state index is 12.6. The first-order chi connectivity index (χ1) is 16.9. The monoisotopic (exact) mass is 478 g/mol. The summed E-state index contributed by atoms with van der Waals surface area (Å²) >= 11 is 0. The molecule has 0 spiro atoms. The fraction of sp³-hybridized carbons (Fsp3) is 0.259. The van der Waals surface area contributed by atoms with Crippen LogP contribution in [0.1, 0.15) is 46.2 Å². The molecule has 0 aliphatic carbocycles. The molecular weight excluding hydrogens is 452 g/mol. The molecule has 182 valence electrons. The van der Waals surface area contributed by atoms with Gasteiger partial charge in [0.15, 0.2) is 11.5 Å². The summed E-state index contributed by atoms with van der Waals surface area (Å²) in [6.07, 6.45) is -0.543. The summed E-state index contributed by atoms with van der Waals surface area (Å²) in [4.78, 5) is 25.0. The summed E-state index contributed by atoms with van der Waals surface area (Å²) < 4.78 is 27.3. The topological polar surface area (TPSA) is 104 Å².